The Hall–Kier alpha value is -1.91. The summed E-state index contributed by atoms with van der Waals surface area (Å²) in [5.41, 5.74) is 0.0840. The quantitative estimate of drug-likeness (QED) is 0.829. The molecular weight excluding hydrogens is 266 g/mol. The molecule has 1 saturated heterocycles. The van der Waals surface area contributed by atoms with Crippen LogP contribution in [-0.2, 0) is 14.8 Å². The Morgan fingerprint density at radius 3 is 2.79 bits per heavy atom. The molecule has 1 heterocycles. The van der Waals surface area contributed by atoms with Crippen molar-refractivity contribution >= 4 is 15.9 Å². The molecule has 0 aromatic heterocycles. The molecule has 0 radical (unpaired) electrons. The molecule has 2 rings (SSSR count). The maximum absolute atomic E-state index is 12.5. The van der Waals surface area contributed by atoms with Crippen LogP contribution < -0.4 is 5.32 Å². The van der Waals surface area contributed by atoms with Crippen LogP contribution in [-0.4, -0.2) is 37.8 Å². The average Bonchev–Trinajstić information content (AvgIpc) is 2.41. The van der Waals surface area contributed by atoms with Gasteiger partial charge in [0.15, 0.2) is 0 Å². The average molecular weight is 279 g/mol. The number of amides is 1. The van der Waals surface area contributed by atoms with Crippen molar-refractivity contribution in [1.82, 2.24) is 9.62 Å². The van der Waals surface area contributed by atoms with E-state index >= 15 is 0 Å². The molecule has 1 fully saturated rings. The van der Waals surface area contributed by atoms with Crippen LogP contribution in [0.1, 0.15) is 12.5 Å². The summed E-state index contributed by atoms with van der Waals surface area (Å²) in [6.07, 6.45) is 0. The van der Waals surface area contributed by atoms with Crippen LogP contribution in [0.4, 0.5) is 0 Å². The molecule has 0 bridgehead atoms. The highest BCUT2D eigenvalue weighted by Crippen LogP contribution is 2.22. The summed E-state index contributed by atoms with van der Waals surface area (Å²) in [5.74, 6) is -0.329. The van der Waals surface area contributed by atoms with E-state index in [0.717, 1.165) is 4.31 Å². The molecule has 19 heavy (non-hydrogen) atoms. The van der Waals surface area contributed by atoms with Crippen molar-refractivity contribution in [2.45, 2.75) is 17.9 Å². The van der Waals surface area contributed by atoms with Gasteiger partial charge in [-0.2, -0.15) is 9.57 Å². The summed E-state index contributed by atoms with van der Waals surface area (Å²) in [6.45, 7) is 2.01. The molecule has 6 nitrogen and oxygen atoms in total. The number of hydrogen-bond donors (Lipinski definition) is 1. The van der Waals surface area contributed by atoms with Gasteiger partial charge in [0.25, 0.3) is 0 Å². The fourth-order valence-electron chi connectivity index (χ4n) is 2.00. The zero-order valence-electron chi connectivity index (χ0n) is 10.3. The number of nitriles is 1. The molecule has 1 aromatic rings. The number of rotatable bonds is 2. The molecule has 0 saturated carbocycles. The van der Waals surface area contributed by atoms with Gasteiger partial charge in [0.1, 0.15) is 12.1 Å². The topological polar surface area (TPSA) is 90.3 Å². The number of nitrogens with one attached hydrogen (secondary N) is 1. The molecule has 1 aliphatic rings. The third kappa shape index (κ3) is 2.32. The first-order valence-corrected chi connectivity index (χ1v) is 7.21. The SMILES string of the molecule is CC1C(=O)NCCN1S(=O)(=O)c1ccccc1C#N. The number of piperazine rings is 1. The van der Waals surface area contributed by atoms with Gasteiger partial charge in [-0.3, -0.25) is 4.79 Å². The van der Waals surface area contributed by atoms with E-state index in [-0.39, 0.29) is 29.5 Å². The zero-order chi connectivity index (χ0) is 14.0. The van der Waals surface area contributed by atoms with Crippen molar-refractivity contribution in [3.05, 3.63) is 29.8 Å². The molecule has 1 N–H and O–H groups in total. The highest BCUT2D eigenvalue weighted by Gasteiger charge is 2.36. The third-order valence-electron chi connectivity index (χ3n) is 3.04. The smallest absolute Gasteiger partial charge is 0.245 e. The Morgan fingerprint density at radius 2 is 2.11 bits per heavy atom. The van der Waals surface area contributed by atoms with Crippen LogP contribution in [0.2, 0.25) is 0 Å². The molecule has 1 amide bonds. The number of nitrogens with zero attached hydrogens (tertiary/aromatic N) is 2. The van der Waals surface area contributed by atoms with E-state index < -0.39 is 16.1 Å². The molecule has 1 aromatic carbocycles. The fourth-order valence-corrected chi connectivity index (χ4v) is 3.74. The third-order valence-corrected chi connectivity index (χ3v) is 5.07. The minimum atomic E-state index is -3.84. The highest BCUT2D eigenvalue weighted by atomic mass is 32.2. The summed E-state index contributed by atoms with van der Waals surface area (Å²) in [5, 5.41) is 11.6. The van der Waals surface area contributed by atoms with E-state index in [0.29, 0.717) is 0 Å². The summed E-state index contributed by atoms with van der Waals surface area (Å²) < 4.78 is 26.2. The Kier molecular flexibility index (Phi) is 3.55. The maximum Gasteiger partial charge on any atom is 0.245 e. The minimum Gasteiger partial charge on any atom is -0.353 e. The normalized spacial score (nSPS) is 20.6. The van der Waals surface area contributed by atoms with E-state index in [1.807, 2.05) is 6.07 Å². The van der Waals surface area contributed by atoms with Crippen molar-refractivity contribution in [3.63, 3.8) is 0 Å². The molecule has 1 aliphatic heterocycles. The fraction of sp³-hybridized carbons (Fsp3) is 0.333. The van der Waals surface area contributed by atoms with Crippen molar-refractivity contribution in [2.24, 2.45) is 0 Å². The van der Waals surface area contributed by atoms with E-state index in [1.165, 1.54) is 19.1 Å². The monoisotopic (exact) mass is 279 g/mol. The van der Waals surface area contributed by atoms with Gasteiger partial charge in [-0.05, 0) is 19.1 Å². The predicted molar refractivity (Wildman–Crippen MR) is 67.5 cm³/mol. The van der Waals surface area contributed by atoms with Gasteiger partial charge in [0.2, 0.25) is 15.9 Å². The standard InChI is InChI=1S/C12H13N3O3S/c1-9-12(16)14-6-7-15(9)19(17,18)11-5-3-2-4-10(11)8-13/h2-5,9H,6-7H2,1H3,(H,14,16). The van der Waals surface area contributed by atoms with Gasteiger partial charge in [0.05, 0.1) is 10.5 Å². The Balaban J connectivity index is 2.48. The zero-order valence-corrected chi connectivity index (χ0v) is 11.1. The lowest BCUT2D eigenvalue weighted by Crippen LogP contribution is -2.55. The maximum atomic E-state index is 12.5. The summed E-state index contributed by atoms with van der Waals surface area (Å²) in [6, 6.07) is 7.07. The van der Waals surface area contributed by atoms with Crippen LogP contribution >= 0.6 is 0 Å². The van der Waals surface area contributed by atoms with Gasteiger partial charge >= 0.3 is 0 Å². The number of benzene rings is 1. The van der Waals surface area contributed by atoms with Crippen LogP contribution in [0.3, 0.4) is 0 Å². The highest BCUT2D eigenvalue weighted by molar-refractivity contribution is 7.89. The van der Waals surface area contributed by atoms with Crippen LogP contribution in [0.5, 0.6) is 0 Å². The van der Waals surface area contributed by atoms with Gasteiger partial charge in [-0.1, -0.05) is 12.1 Å². The molecule has 1 unspecified atom stereocenters. The van der Waals surface area contributed by atoms with Gasteiger partial charge in [-0.25, -0.2) is 8.42 Å². The van der Waals surface area contributed by atoms with E-state index in [9.17, 15) is 13.2 Å². The predicted octanol–water partition coefficient (Wildman–Crippen LogP) is 0.0673. The first kappa shape index (κ1) is 13.5. The molecule has 0 spiro atoms. The van der Waals surface area contributed by atoms with Crippen LogP contribution in [0.15, 0.2) is 29.2 Å². The minimum absolute atomic E-state index is 0.0564. The number of hydrogen-bond acceptors (Lipinski definition) is 4. The van der Waals surface area contributed by atoms with E-state index in [4.69, 9.17) is 5.26 Å². The molecule has 0 aliphatic carbocycles. The molecule has 100 valence electrons. The molecule has 1 atom stereocenters. The van der Waals surface area contributed by atoms with Crippen molar-refractivity contribution in [2.75, 3.05) is 13.1 Å². The van der Waals surface area contributed by atoms with Crippen molar-refractivity contribution < 1.29 is 13.2 Å². The summed E-state index contributed by atoms with van der Waals surface area (Å²) in [7, 11) is -3.84. The van der Waals surface area contributed by atoms with Crippen molar-refractivity contribution in [1.29, 1.82) is 5.26 Å². The van der Waals surface area contributed by atoms with Gasteiger partial charge in [-0.15, -0.1) is 0 Å². The first-order valence-electron chi connectivity index (χ1n) is 5.77. The molecular formula is C12H13N3O3S. The molecule has 7 heteroatoms. The lowest BCUT2D eigenvalue weighted by molar-refractivity contribution is -0.126. The second-order valence-corrected chi connectivity index (χ2v) is 6.05. The number of carbonyl (C=O) groups is 1. The Labute approximate surface area is 111 Å². The van der Waals surface area contributed by atoms with E-state index in [2.05, 4.69) is 5.32 Å². The Bertz CT molecular complexity index is 648. The lowest BCUT2D eigenvalue weighted by atomic mass is 10.2. The number of carbonyl (C=O) groups excluding carboxylic acids is 1. The van der Waals surface area contributed by atoms with Gasteiger partial charge < -0.3 is 5.32 Å². The van der Waals surface area contributed by atoms with Crippen LogP contribution in [0.25, 0.3) is 0 Å². The summed E-state index contributed by atoms with van der Waals surface area (Å²) >= 11 is 0. The second-order valence-electron chi connectivity index (χ2n) is 4.19. The van der Waals surface area contributed by atoms with E-state index in [1.54, 1.807) is 12.1 Å². The Morgan fingerprint density at radius 1 is 1.42 bits per heavy atom. The summed E-state index contributed by atoms with van der Waals surface area (Å²) in [4.78, 5) is 11.5. The largest absolute Gasteiger partial charge is 0.353 e. The first-order chi connectivity index (χ1) is 8.98. The second kappa shape index (κ2) is 4.99. The number of sulfonamides is 1. The van der Waals surface area contributed by atoms with Gasteiger partial charge in [0, 0.05) is 13.1 Å². The van der Waals surface area contributed by atoms with Crippen molar-refractivity contribution in [3.8, 4) is 6.07 Å². The van der Waals surface area contributed by atoms with Crippen LogP contribution in [0, 0.1) is 11.3 Å². The lowest BCUT2D eigenvalue weighted by Gasteiger charge is -2.31.